The van der Waals surface area contributed by atoms with Crippen LogP contribution in [0.25, 0.3) is 0 Å². The van der Waals surface area contributed by atoms with E-state index in [1.165, 1.54) is 9.80 Å². The van der Waals surface area contributed by atoms with Gasteiger partial charge in [-0.2, -0.15) is 0 Å². The number of hydrogen-bond donors (Lipinski definition) is 1. The zero-order valence-corrected chi connectivity index (χ0v) is 12.2. The van der Waals surface area contributed by atoms with Crippen molar-refractivity contribution in [3.8, 4) is 0 Å². The summed E-state index contributed by atoms with van der Waals surface area (Å²) in [6.45, 7) is 6.79. The average molecular weight is 287 g/mol. The molecule has 0 aromatic heterocycles. The Kier molecular flexibility index (Phi) is 4.06. The van der Waals surface area contributed by atoms with Crippen LogP contribution in [0.2, 0.25) is 0 Å². The molecule has 114 valence electrons. The highest BCUT2D eigenvalue weighted by Gasteiger charge is 2.39. The lowest BCUT2D eigenvalue weighted by molar-refractivity contribution is 0.00204. The number of hydrogen-bond acceptors (Lipinski definition) is 3. The Morgan fingerprint density at radius 1 is 1.40 bits per heavy atom. The van der Waals surface area contributed by atoms with E-state index in [-0.39, 0.29) is 12.6 Å². The van der Waals surface area contributed by atoms with Crippen LogP contribution in [0.5, 0.6) is 0 Å². The number of ether oxygens (including phenoxy) is 1. The van der Waals surface area contributed by atoms with Gasteiger partial charge in [-0.25, -0.2) is 14.0 Å². The molecule has 2 atom stereocenters. The van der Waals surface area contributed by atoms with Crippen LogP contribution in [0.15, 0.2) is 0 Å². The Balaban J connectivity index is 1.92. The number of piperidine rings is 1. The SMILES string of the molecule is CC(C)(C)OC(=O)N1CC[C@@H](N2CCNC2=O)[C@@H](F)C1. The second-order valence-electron chi connectivity index (χ2n) is 6.22. The Morgan fingerprint density at radius 3 is 2.60 bits per heavy atom. The highest BCUT2D eigenvalue weighted by atomic mass is 19.1. The third-order valence-corrected chi connectivity index (χ3v) is 3.45. The van der Waals surface area contributed by atoms with Gasteiger partial charge in [0.15, 0.2) is 0 Å². The summed E-state index contributed by atoms with van der Waals surface area (Å²) in [5.74, 6) is 0. The van der Waals surface area contributed by atoms with Crippen molar-refractivity contribution in [3.63, 3.8) is 0 Å². The molecule has 3 amide bonds. The van der Waals surface area contributed by atoms with Crippen LogP contribution in [-0.2, 0) is 4.74 Å². The predicted octanol–water partition coefficient (Wildman–Crippen LogP) is 1.36. The van der Waals surface area contributed by atoms with Gasteiger partial charge in [0, 0.05) is 19.6 Å². The standard InChI is InChI=1S/C13H22FN3O3/c1-13(2,3)20-12(19)16-6-4-10(9(14)8-16)17-7-5-15-11(17)18/h9-10H,4-8H2,1-3H3,(H,15,18)/t9-,10+/m0/s1. The number of urea groups is 1. The third kappa shape index (κ3) is 3.32. The molecule has 2 aliphatic heterocycles. The molecular weight excluding hydrogens is 265 g/mol. The molecule has 2 saturated heterocycles. The quantitative estimate of drug-likeness (QED) is 0.792. The molecule has 1 N–H and O–H groups in total. The summed E-state index contributed by atoms with van der Waals surface area (Å²) in [4.78, 5) is 26.4. The van der Waals surface area contributed by atoms with Gasteiger partial charge in [0.2, 0.25) is 0 Å². The number of likely N-dealkylation sites (tertiary alicyclic amines) is 1. The number of alkyl halides is 1. The van der Waals surface area contributed by atoms with E-state index in [4.69, 9.17) is 4.74 Å². The van der Waals surface area contributed by atoms with Gasteiger partial charge in [0.1, 0.15) is 11.8 Å². The molecule has 2 fully saturated rings. The molecular formula is C13H22FN3O3. The van der Waals surface area contributed by atoms with Crippen LogP contribution < -0.4 is 5.32 Å². The second kappa shape index (κ2) is 5.46. The molecule has 2 aliphatic rings. The molecule has 7 heteroatoms. The normalized spacial score (nSPS) is 27.5. The van der Waals surface area contributed by atoms with E-state index in [0.717, 1.165) is 0 Å². The zero-order chi connectivity index (χ0) is 14.9. The zero-order valence-electron chi connectivity index (χ0n) is 12.2. The van der Waals surface area contributed by atoms with Gasteiger partial charge in [0.05, 0.1) is 12.6 Å². The van der Waals surface area contributed by atoms with Gasteiger partial charge in [-0.15, -0.1) is 0 Å². The molecule has 0 aliphatic carbocycles. The summed E-state index contributed by atoms with van der Waals surface area (Å²) >= 11 is 0. The van der Waals surface area contributed by atoms with Gasteiger partial charge >= 0.3 is 12.1 Å². The fourth-order valence-electron chi connectivity index (χ4n) is 2.54. The van der Waals surface area contributed by atoms with Crippen molar-refractivity contribution in [2.45, 2.75) is 45.0 Å². The fourth-order valence-corrected chi connectivity index (χ4v) is 2.54. The van der Waals surface area contributed by atoms with Gasteiger partial charge in [-0.1, -0.05) is 0 Å². The Bertz CT molecular complexity index is 397. The molecule has 6 nitrogen and oxygen atoms in total. The second-order valence-corrected chi connectivity index (χ2v) is 6.22. The summed E-state index contributed by atoms with van der Waals surface area (Å²) < 4.78 is 19.5. The van der Waals surface area contributed by atoms with Crippen LogP contribution in [0.3, 0.4) is 0 Å². The van der Waals surface area contributed by atoms with Crippen LogP contribution in [-0.4, -0.2) is 65.9 Å². The molecule has 0 radical (unpaired) electrons. The first-order valence-electron chi connectivity index (χ1n) is 6.94. The molecule has 0 bridgehead atoms. The molecule has 0 aromatic carbocycles. The summed E-state index contributed by atoms with van der Waals surface area (Å²) in [5, 5.41) is 2.67. The van der Waals surface area contributed by atoms with Crippen molar-refractivity contribution in [1.29, 1.82) is 0 Å². The average Bonchev–Trinajstić information content (AvgIpc) is 2.73. The molecule has 2 rings (SSSR count). The first-order valence-corrected chi connectivity index (χ1v) is 6.94. The largest absolute Gasteiger partial charge is 0.444 e. The van der Waals surface area contributed by atoms with Crippen LogP contribution >= 0.6 is 0 Å². The highest BCUT2D eigenvalue weighted by molar-refractivity contribution is 5.76. The summed E-state index contributed by atoms with van der Waals surface area (Å²) in [6.07, 6.45) is -1.29. The van der Waals surface area contributed by atoms with Crippen LogP contribution in [0, 0.1) is 0 Å². The number of nitrogens with zero attached hydrogens (tertiary/aromatic N) is 2. The molecule has 0 aromatic rings. The van der Waals surface area contributed by atoms with Gasteiger partial charge in [-0.3, -0.25) is 0 Å². The van der Waals surface area contributed by atoms with Gasteiger partial charge in [0.25, 0.3) is 0 Å². The maximum Gasteiger partial charge on any atom is 0.410 e. The van der Waals surface area contributed by atoms with Crippen molar-refractivity contribution in [1.82, 2.24) is 15.1 Å². The topological polar surface area (TPSA) is 61.9 Å². The number of rotatable bonds is 1. The predicted molar refractivity (Wildman–Crippen MR) is 71.2 cm³/mol. The smallest absolute Gasteiger partial charge is 0.410 e. The minimum absolute atomic E-state index is 0.0244. The highest BCUT2D eigenvalue weighted by Crippen LogP contribution is 2.22. The number of carbonyl (C=O) groups is 2. The van der Waals surface area contributed by atoms with Crippen molar-refractivity contribution in [3.05, 3.63) is 0 Å². The Labute approximate surface area is 118 Å². The van der Waals surface area contributed by atoms with Crippen molar-refractivity contribution >= 4 is 12.1 Å². The van der Waals surface area contributed by atoms with E-state index in [0.29, 0.717) is 26.1 Å². The van der Waals surface area contributed by atoms with Gasteiger partial charge < -0.3 is 19.9 Å². The minimum atomic E-state index is -1.24. The maximum atomic E-state index is 14.2. The van der Waals surface area contributed by atoms with E-state index in [9.17, 15) is 14.0 Å². The number of carbonyl (C=O) groups excluding carboxylic acids is 2. The molecule has 20 heavy (non-hydrogen) atoms. The summed E-state index contributed by atoms with van der Waals surface area (Å²) in [5.41, 5.74) is -0.589. The summed E-state index contributed by atoms with van der Waals surface area (Å²) in [7, 11) is 0. The van der Waals surface area contributed by atoms with E-state index in [1.807, 2.05) is 0 Å². The number of halogens is 1. The van der Waals surface area contributed by atoms with Crippen molar-refractivity contribution in [2.24, 2.45) is 0 Å². The third-order valence-electron chi connectivity index (χ3n) is 3.45. The number of nitrogens with one attached hydrogen (secondary N) is 1. The van der Waals surface area contributed by atoms with Crippen LogP contribution in [0.4, 0.5) is 14.0 Å². The lowest BCUT2D eigenvalue weighted by atomic mass is 10.0. The van der Waals surface area contributed by atoms with E-state index < -0.39 is 23.9 Å². The van der Waals surface area contributed by atoms with E-state index in [2.05, 4.69) is 5.32 Å². The molecule has 0 spiro atoms. The minimum Gasteiger partial charge on any atom is -0.444 e. The van der Waals surface area contributed by atoms with E-state index >= 15 is 0 Å². The fraction of sp³-hybridized carbons (Fsp3) is 0.846. The first-order chi connectivity index (χ1) is 9.28. The monoisotopic (exact) mass is 287 g/mol. The maximum absolute atomic E-state index is 14.2. The summed E-state index contributed by atoms with van der Waals surface area (Å²) in [6, 6.07) is -0.667. The van der Waals surface area contributed by atoms with Gasteiger partial charge in [-0.05, 0) is 27.2 Å². The Morgan fingerprint density at radius 2 is 2.10 bits per heavy atom. The van der Waals surface area contributed by atoms with Crippen molar-refractivity contribution in [2.75, 3.05) is 26.2 Å². The lowest BCUT2D eigenvalue weighted by Crippen LogP contribution is -2.55. The van der Waals surface area contributed by atoms with Crippen LogP contribution in [0.1, 0.15) is 27.2 Å². The van der Waals surface area contributed by atoms with Crippen molar-refractivity contribution < 1.29 is 18.7 Å². The molecule has 0 saturated carbocycles. The molecule has 2 heterocycles. The van der Waals surface area contributed by atoms with E-state index in [1.54, 1.807) is 20.8 Å². The lowest BCUT2D eigenvalue weighted by Gasteiger charge is -2.38. The first kappa shape index (κ1) is 14.9. The Hall–Kier alpha value is -1.53. The molecule has 0 unspecified atom stereocenters. The number of amides is 3.